The lowest BCUT2D eigenvalue weighted by Crippen LogP contribution is -2.33. The maximum absolute atomic E-state index is 14.1. The fourth-order valence-corrected chi connectivity index (χ4v) is 4.18. The largest absolute Gasteiger partial charge is 0.490 e. The van der Waals surface area contributed by atoms with Crippen LogP contribution in [0.3, 0.4) is 0 Å². The number of halogens is 3. The topological polar surface area (TPSA) is 72.5 Å². The van der Waals surface area contributed by atoms with E-state index in [0.717, 1.165) is 6.07 Å². The number of hydrogen-bond acceptors (Lipinski definition) is 4. The fourth-order valence-electron chi connectivity index (χ4n) is 2.88. The first-order valence-corrected chi connectivity index (χ1v) is 10.1. The number of ether oxygens (including phenoxy) is 1. The van der Waals surface area contributed by atoms with Crippen LogP contribution >= 0.6 is 0 Å². The Labute approximate surface area is 150 Å². The first-order chi connectivity index (χ1) is 12.2. The number of hydrogen-bond donors (Lipinski definition) is 1. The molecule has 0 atom stereocenters. The van der Waals surface area contributed by atoms with Crippen molar-refractivity contribution in [1.82, 2.24) is 4.72 Å². The molecule has 0 radical (unpaired) electrons. The van der Waals surface area contributed by atoms with Crippen LogP contribution in [0, 0.1) is 11.7 Å². The molecule has 144 valence electrons. The van der Waals surface area contributed by atoms with Gasteiger partial charge in [0.05, 0.1) is 11.9 Å². The predicted octanol–water partition coefficient (Wildman–Crippen LogP) is 3.25. The molecule has 9 heteroatoms. The van der Waals surface area contributed by atoms with E-state index < -0.39 is 32.9 Å². The first-order valence-electron chi connectivity index (χ1n) is 8.52. The van der Waals surface area contributed by atoms with E-state index in [0.29, 0.717) is 25.7 Å². The van der Waals surface area contributed by atoms with Crippen molar-refractivity contribution < 1.29 is 31.1 Å². The first kappa shape index (κ1) is 19.0. The third-order valence-corrected chi connectivity index (χ3v) is 6.52. The van der Waals surface area contributed by atoms with Crippen LogP contribution in [-0.4, -0.2) is 32.1 Å². The summed E-state index contributed by atoms with van der Waals surface area (Å²) in [5.74, 6) is -4.48. The van der Waals surface area contributed by atoms with Crippen molar-refractivity contribution in [2.24, 2.45) is 5.92 Å². The average molecular weight is 391 g/mol. The Morgan fingerprint density at radius 1 is 1.19 bits per heavy atom. The molecular formula is C17H20F3NO4S. The minimum Gasteiger partial charge on any atom is -0.490 e. The van der Waals surface area contributed by atoms with E-state index in [1.54, 1.807) is 0 Å². The molecule has 0 aromatic heterocycles. The molecule has 2 fully saturated rings. The van der Waals surface area contributed by atoms with Gasteiger partial charge in [0.2, 0.25) is 15.9 Å². The van der Waals surface area contributed by atoms with Gasteiger partial charge in [0.1, 0.15) is 0 Å². The summed E-state index contributed by atoms with van der Waals surface area (Å²) in [6.45, 7) is 0.120. The molecule has 26 heavy (non-hydrogen) atoms. The maximum Gasteiger partial charge on any atom is 0.264 e. The van der Waals surface area contributed by atoms with Gasteiger partial charge in [-0.1, -0.05) is 0 Å². The molecule has 0 bridgehead atoms. The Morgan fingerprint density at radius 3 is 2.42 bits per heavy atom. The molecule has 0 aliphatic heterocycles. The lowest BCUT2D eigenvalue weighted by molar-refractivity contribution is -0.0499. The number of alkyl halides is 2. The van der Waals surface area contributed by atoms with Crippen LogP contribution in [0.4, 0.5) is 13.2 Å². The molecule has 2 saturated carbocycles. The Bertz CT molecular complexity index is 783. The highest BCUT2D eigenvalue weighted by Gasteiger charge is 2.37. The number of nitrogens with one attached hydrogen (secondary N) is 1. The van der Waals surface area contributed by atoms with Gasteiger partial charge in [0.15, 0.2) is 11.6 Å². The summed E-state index contributed by atoms with van der Waals surface area (Å²) in [7, 11) is -3.71. The zero-order valence-electron chi connectivity index (χ0n) is 14.0. The lowest BCUT2D eigenvalue weighted by atomic mass is 9.87. The normalized spacial score (nSPS) is 20.6. The van der Waals surface area contributed by atoms with E-state index in [2.05, 4.69) is 0 Å². The Kier molecular flexibility index (Phi) is 5.18. The van der Waals surface area contributed by atoms with Crippen molar-refractivity contribution >= 4 is 15.9 Å². The van der Waals surface area contributed by atoms with Crippen LogP contribution in [-0.2, 0) is 10.0 Å². The number of carbonyl (C=O) groups is 1. The number of sulfonamides is 1. The van der Waals surface area contributed by atoms with Crippen molar-refractivity contribution in [3.63, 3.8) is 0 Å². The van der Waals surface area contributed by atoms with Crippen molar-refractivity contribution in [2.75, 3.05) is 6.61 Å². The van der Waals surface area contributed by atoms with Gasteiger partial charge in [-0.15, -0.1) is 0 Å². The highest BCUT2D eigenvalue weighted by Crippen LogP contribution is 2.36. The summed E-state index contributed by atoms with van der Waals surface area (Å²) >= 11 is 0. The van der Waals surface area contributed by atoms with Gasteiger partial charge < -0.3 is 4.74 Å². The van der Waals surface area contributed by atoms with Crippen LogP contribution in [0.5, 0.6) is 5.75 Å². The van der Waals surface area contributed by atoms with E-state index in [1.807, 2.05) is 4.72 Å². The zero-order valence-corrected chi connectivity index (χ0v) is 14.8. The van der Waals surface area contributed by atoms with Crippen LogP contribution in [0.15, 0.2) is 18.2 Å². The Hall–Kier alpha value is -1.77. The summed E-state index contributed by atoms with van der Waals surface area (Å²) in [6.07, 6.45) is 1.26. The SMILES string of the molecule is O=C(NS(=O)(=O)C1CC1)c1ccc(OCC2CCC(F)(F)CC2)c(F)c1. The van der Waals surface area contributed by atoms with E-state index in [4.69, 9.17) is 4.74 Å². The molecule has 1 amide bonds. The molecule has 2 aliphatic rings. The van der Waals surface area contributed by atoms with Crippen LogP contribution in [0.1, 0.15) is 48.9 Å². The quantitative estimate of drug-likeness (QED) is 0.808. The Morgan fingerprint density at radius 2 is 1.85 bits per heavy atom. The Balaban J connectivity index is 1.56. The molecule has 0 spiro atoms. The molecule has 1 aromatic rings. The van der Waals surface area contributed by atoms with E-state index in [-0.39, 0.29) is 36.7 Å². The van der Waals surface area contributed by atoms with Gasteiger partial charge in [0.25, 0.3) is 5.91 Å². The molecular weight excluding hydrogens is 371 g/mol. The van der Waals surface area contributed by atoms with Crippen molar-refractivity contribution in [2.45, 2.75) is 49.7 Å². The van der Waals surface area contributed by atoms with Crippen molar-refractivity contribution in [3.05, 3.63) is 29.6 Å². The number of amides is 1. The lowest BCUT2D eigenvalue weighted by Gasteiger charge is -2.28. The van der Waals surface area contributed by atoms with Gasteiger partial charge in [-0.05, 0) is 49.8 Å². The summed E-state index contributed by atoms with van der Waals surface area (Å²) in [5, 5.41) is -0.554. The zero-order chi connectivity index (χ0) is 18.9. The highest BCUT2D eigenvalue weighted by molar-refractivity contribution is 7.91. The standard InChI is InChI=1S/C17H20F3NO4S/c18-14-9-12(16(22)21-26(23,24)13-2-3-13)1-4-15(14)25-10-11-5-7-17(19,20)8-6-11/h1,4,9,11,13H,2-3,5-8,10H2,(H,21,22). The number of rotatable bonds is 6. The second kappa shape index (κ2) is 7.09. The van der Waals surface area contributed by atoms with E-state index in [1.165, 1.54) is 12.1 Å². The van der Waals surface area contributed by atoms with Crippen LogP contribution in [0.25, 0.3) is 0 Å². The monoisotopic (exact) mass is 391 g/mol. The van der Waals surface area contributed by atoms with Gasteiger partial charge in [-0.3, -0.25) is 4.79 Å². The average Bonchev–Trinajstić information content (AvgIpc) is 3.40. The smallest absolute Gasteiger partial charge is 0.264 e. The molecule has 1 N–H and O–H groups in total. The third kappa shape index (κ3) is 4.69. The number of benzene rings is 1. The summed E-state index contributed by atoms with van der Waals surface area (Å²) in [6, 6.07) is 3.42. The van der Waals surface area contributed by atoms with Gasteiger partial charge in [-0.25, -0.2) is 26.3 Å². The second-order valence-electron chi connectivity index (χ2n) is 6.93. The fraction of sp³-hybridized carbons (Fsp3) is 0.588. The van der Waals surface area contributed by atoms with Gasteiger partial charge >= 0.3 is 0 Å². The highest BCUT2D eigenvalue weighted by atomic mass is 32.2. The van der Waals surface area contributed by atoms with Crippen LogP contribution < -0.4 is 9.46 Å². The summed E-state index contributed by atoms with van der Waals surface area (Å²) in [5.41, 5.74) is -0.128. The molecule has 1 aromatic carbocycles. The van der Waals surface area contributed by atoms with Crippen LogP contribution in [0.2, 0.25) is 0 Å². The van der Waals surface area contributed by atoms with E-state index in [9.17, 15) is 26.4 Å². The molecule has 0 heterocycles. The maximum atomic E-state index is 14.1. The minimum atomic E-state index is -3.71. The number of carbonyl (C=O) groups excluding carboxylic acids is 1. The minimum absolute atomic E-state index is 0.0688. The van der Waals surface area contributed by atoms with Gasteiger partial charge in [0, 0.05) is 18.4 Å². The van der Waals surface area contributed by atoms with E-state index >= 15 is 0 Å². The third-order valence-electron chi connectivity index (χ3n) is 4.70. The molecule has 3 rings (SSSR count). The molecule has 0 saturated heterocycles. The summed E-state index contributed by atoms with van der Waals surface area (Å²) in [4.78, 5) is 12.0. The predicted molar refractivity (Wildman–Crippen MR) is 88.2 cm³/mol. The second-order valence-corrected chi connectivity index (χ2v) is 8.89. The van der Waals surface area contributed by atoms with Crippen molar-refractivity contribution in [1.29, 1.82) is 0 Å². The van der Waals surface area contributed by atoms with Gasteiger partial charge in [-0.2, -0.15) is 0 Å². The molecule has 2 aliphatic carbocycles. The van der Waals surface area contributed by atoms with Crippen molar-refractivity contribution in [3.8, 4) is 5.75 Å². The molecule has 5 nitrogen and oxygen atoms in total. The molecule has 0 unspecified atom stereocenters. The summed E-state index contributed by atoms with van der Waals surface area (Å²) < 4.78 is 71.1.